The lowest BCUT2D eigenvalue weighted by Crippen LogP contribution is -2.45. The van der Waals surface area contributed by atoms with Crippen molar-refractivity contribution in [3.05, 3.63) is 30.1 Å². The van der Waals surface area contributed by atoms with Crippen molar-refractivity contribution in [2.45, 2.75) is 32.6 Å². The van der Waals surface area contributed by atoms with E-state index in [4.69, 9.17) is 5.11 Å². The summed E-state index contributed by atoms with van der Waals surface area (Å²) in [5, 5.41) is 9.16. The number of carboxylic acid groups (broad SMARTS) is 1. The average Bonchev–Trinajstić information content (AvgIpc) is 2.46. The van der Waals surface area contributed by atoms with Gasteiger partial charge in [0, 0.05) is 31.4 Å². The van der Waals surface area contributed by atoms with E-state index in [2.05, 4.69) is 4.98 Å². The predicted molar refractivity (Wildman–Crippen MR) is 74.1 cm³/mol. The molecule has 0 aliphatic carbocycles. The number of carbonyl (C=O) groups is 2. The number of likely N-dealkylation sites (tertiary alicyclic amines) is 1. The van der Waals surface area contributed by atoms with Crippen molar-refractivity contribution in [1.29, 1.82) is 0 Å². The van der Waals surface area contributed by atoms with Crippen LogP contribution < -0.4 is 0 Å². The fourth-order valence-corrected chi connectivity index (χ4v) is 2.40. The normalized spacial score (nSPS) is 17.8. The van der Waals surface area contributed by atoms with Crippen LogP contribution in [0.1, 0.15) is 31.9 Å². The Hall–Kier alpha value is -1.91. The highest BCUT2D eigenvalue weighted by molar-refractivity contribution is 5.78. The van der Waals surface area contributed by atoms with Crippen molar-refractivity contribution in [2.24, 2.45) is 5.41 Å². The van der Waals surface area contributed by atoms with Crippen molar-refractivity contribution in [3.63, 3.8) is 0 Å². The number of carboxylic acids is 1. The second-order valence-corrected chi connectivity index (χ2v) is 5.57. The molecule has 0 aromatic carbocycles. The molecule has 1 fully saturated rings. The quantitative estimate of drug-likeness (QED) is 0.909. The first-order chi connectivity index (χ1) is 9.51. The van der Waals surface area contributed by atoms with E-state index >= 15 is 0 Å². The molecule has 2 heterocycles. The Bertz CT molecular complexity index is 479. The van der Waals surface area contributed by atoms with Crippen molar-refractivity contribution >= 4 is 11.9 Å². The molecular formula is C15H20N2O3. The van der Waals surface area contributed by atoms with E-state index in [-0.39, 0.29) is 5.91 Å². The number of carbonyl (C=O) groups excluding carboxylic acids is 1. The molecule has 0 bridgehead atoms. The van der Waals surface area contributed by atoms with Gasteiger partial charge in [-0.05, 0) is 38.3 Å². The van der Waals surface area contributed by atoms with Crippen LogP contribution in [0.25, 0.3) is 0 Å². The van der Waals surface area contributed by atoms with E-state index < -0.39 is 11.4 Å². The molecule has 1 N–H and O–H groups in total. The van der Waals surface area contributed by atoms with E-state index in [1.54, 1.807) is 18.0 Å². The molecule has 0 spiro atoms. The molecule has 1 aliphatic rings. The smallest absolute Gasteiger partial charge is 0.309 e. The number of hydrogen-bond donors (Lipinski definition) is 1. The number of rotatable bonds is 4. The van der Waals surface area contributed by atoms with Crippen molar-refractivity contribution in [3.8, 4) is 0 Å². The maximum atomic E-state index is 12.1. The van der Waals surface area contributed by atoms with Gasteiger partial charge < -0.3 is 10.0 Å². The van der Waals surface area contributed by atoms with Gasteiger partial charge in [0.25, 0.3) is 0 Å². The molecule has 0 atom stereocenters. The minimum atomic E-state index is -0.766. The lowest BCUT2D eigenvalue weighted by atomic mass is 9.80. The third-order valence-electron chi connectivity index (χ3n) is 4.06. The fourth-order valence-electron chi connectivity index (χ4n) is 2.40. The number of aliphatic carboxylic acids is 1. The van der Waals surface area contributed by atoms with Crippen molar-refractivity contribution in [1.82, 2.24) is 9.88 Å². The van der Waals surface area contributed by atoms with Gasteiger partial charge in [-0.15, -0.1) is 0 Å². The van der Waals surface area contributed by atoms with Crippen LogP contribution in [0.5, 0.6) is 0 Å². The van der Waals surface area contributed by atoms with E-state index in [1.807, 2.05) is 18.2 Å². The first kappa shape index (κ1) is 14.5. The second kappa shape index (κ2) is 6.03. The molecule has 108 valence electrons. The Labute approximate surface area is 118 Å². The molecule has 1 saturated heterocycles. The third-order valence-corrected chi connectivity index (χ3v) is 4.06. The number of nitrogens with zero attached hydrogens (tertiary/aromatic N) is 2. The van der Waals surface area contributed by atoms with Gasteiger partial charge in [-0.25, -0.2) is 0 Å². The average molecular weight is 276 g/mol. The summed E-state index contributed by atoms with van der Waals surface area (Å²) in [5.74, 6) is -0.679. The second-order valence-electron chi connectivity index (χ2n) is 5.57. The van der Waals surface area contributed by atoms with Crippen molar-refractivity contribution in [2.75, 3.05) is 13.1 Å². The van der Waals surface area contributed by atoms with Gasteiger partial charge in [0.15, 0.2) is 0 Å². The van der Waals surface area contributed by atoms with Gasteiger partial charge >= 0.3 is 5.97 Å². The van der Waals surface area contributed by atoms with E-state index in [9.17, 15) is 9.59 Å². The number of piperidine rings is 1. The molecule has 0 saturated carbocycles. The van der Waals surface area contributed by atoms with Crippen LogP contribution in [0.3, 0.4) is 0 Å². The fraction of sp³-hybridized carbons (Fsp3) is 0.533. The molecule has 0 unspecified atom stereocenters. The molecule has 20 heavy (non-hydrogen) atoms. The highest BCUT2D eigenvalue weighted by Gasteiger charge is 2.37. The maximum absolute atomic E-state index is 12.1. The summed E-state index contributed by atoms with van der Waals surface area (Å²) in [6.45, 7) is 2.82. The zero-order chi connectivity index (χ0) is 14.6. The van der Waals surface area contributed by atoms with E-state index in [0.29, 0.717) is 38.8 Å². The SMILES string of the molecule is CC1(C(=O)O)CCN(C(=O)CCc2ccccn2)CC1. The Kier molecular flexibility index (Phi) is 4.37. The zero-order valence-electron chi connectivity index (χ0n) is 11.7. The number of amides is 1. The zero-order valence-corrected chi connectivity index (χ0v) is 11.7. The lowest BCUT2D eigenvalue weighted by molar-refractivity contribution is -0.153. The molecule has 1 aliphatic heterocycles. The number of pyridine rings is 1. The van der Waals surface area contributed by atoms with Gasteiger partial charge in [0.05, 0.1) is 5.41 Å². The van der Waals surface area contributed by atoms with Gasteiger partial charge in [-0.2, -0.15) is 0 Å². The topological polar surface area (TPSA) is 70.5 Å². The van der Waals surface area contributed by atoms with Crippen molar-refractivity contribution < 1.29 is 14.7 Å². The maximum Gasteiger partial charge on any atom is 0.309 e. The first-order valence-corrected chi connectivity index (χ1v) is 6.92. The summed E-state index contributed by atoms with van der Waals surface area (Å²) in [6, 6.07) is 5.67. The van der Waals surface area contributed by atoms with Crippen LogP contribution in [0.2, 0.25) is 0 Å². The van der Waals surface area contributed by atoms with Crippen LogP contribution in [0, 0.1) is 5.41 Å². The minimum absolute atomic E-state index is 0.0862. The van der Waals surface area contributed by atoms with Crippen LogP contribution >= 0.6 is 0 Å². The van der Waals surface area contributed by atoms with Gasteiger partial charge in [0.1, 0.15) is 0 Å². The van der Waals surface area contributed by atoms with E-state index in [1.165, 1.54) is 0 Å². The number of aromatic nitrogens is 1. The Balaban J connectivity index is 1.82. The minimum Gasteiger partial charge on any atom is -0.481 e. The summed E-state index contributed by atoms with van der Waals surface area (Å²) in [7, 11) is 0. The molecule has 1 aromatic rings. The molecule has 1 aromatic heterocycles. The molecular weight excluding hydrogens is 256 g/mol. The van der Waals surface area contributed by atoms with Crippen LogP contribution in [0.4, 0.5) is 0 Å². The largest absolute Gasteiger partial charge is 0.481 e. The Morgan fingerprint density at radius 3 is 2.60 bits per heavy atom. The predicted octanol–water partition coefficient (Wildman–Crippen LogP) is 1.73. The number of hydrogen-bond acceptors (Lipinski definition) is 3. The monoisotopic (exact) mass is 276 g/mol. The Morgan fingerprint density at radius 2 is 2.05 bits per heavy atom. The highest BCUT2D eigenvalue weighted by Crippen LogP contribution is 2.31. The third kappa shape index (κ3) is 3.35. The molecule has 5 nitrogen and oxygen atoms in total. The Morgan fingerprint density at radius 1 is 1.35 bits per heavy atom. The summed E-state index contributed by atoms with van der Waals surface area (Å²) in [4.78, 5) is 29.2. The highest BCUT2D eigenvalue weighted by atomic mass is 16.4. The van der Waals surface area contributed by atoms with E-state index in [0.717, 1.165) is 5.69 Å². The first-order valence-electron chi connectivity index (χ1n) is 6.92. The standard InChI is InChI=1S/C15H20N2O3/c1-15(14(19)20)7-10-17(11-8-15)13(18)6-5-12-4-2-3-9-16-12/h2-4,9H,5-8,10-11H2,1H3,(H,19,20). The summed E-state index contributed by atoms with van der Waals surface area (Å²) < 4.78 is 0. The molecule has 0 radical (unpaired) electrons. The molecule has 5 heteroatoms. The van der Waals surface area contributed by atoms with Gasteiger partial charge in [0.2, 0.25) is 5.91 Å². The van der Waals surface area contributed by atoms with Crippen LogP contribution in [0.15, 0.2) is 24.4 Å². The summed E-state index contributed by atoms with van der Waals surface area (Å²) >= 11 is 0. The van der Waals surface area contributed by atoms with Crippen LogP contribution in [-0.4, -0.2) is 40.0 Å². The summed E-state index contributed by atoms with van der Waals surface area (Å²) in [5.41, 5.74) is 0.228. The van der Waals surface area contributed by atoms with Gasteiger partial charge in [-0.3, -0.25) is 14.6 Å². The number of aryl methyl sites for hydroxylation is 1. The summed E-state index contributed by atoms with van der Waals surface area (Å²) in [6.07, 6.45) is 3.83. The molecule has 2 rings (SSSR count). The lowest BCUT2D eigenvalue weighted by Gasteiger charge is -2.36. The van der Waals surface area contributed by atoms with Gasteiger partial charge in [-0.1, -0.05) is 6.07 Å². The molecule has 1 amide bonds. The van der Waals surface area contributed by atoms with Crippen LogP contribution in [-0.2, 0) is 16.0 Å².